The summed E-state index contributed by atoms with van der Waals surface area (Å²) in [7, 11) is 0. The molecule has 0 aliphatic carbocycles. The van der Waals surface area contributed by atoms with Crippen LogP contribution in [0.25, 0.3) is 0 Å². The number of halogens is 1. The smallest absolute Gasteiger partial charge is 0.186 e. The van der Waals surface area contributed by atoms with Crippen molar-refractivity contribution in [1.82, 2.24) is 4.98 Å². The van der Waals surface area contributed by atoms with Crippen molar-refractivity contribution in [3.63, 3.8) is 0 Å². The lowest BCUT2D eigenvalue weighted by Gasteiger charge is -2.31. The van der Waals surface area contributed by atoms with Crippen molar-refractivity contribution in [3.05, 3.63) is 9.98 Å². The third kappa shape index (κ3) is 3.74. The topological polar surface area (TPSA) is 16.1 Å². The van der Waals surface area contributed by atoms with Crippen molar-refractivity contribution in [2.24, 2.45) is 5.92 Å². The van der Waals surface area contributed by atoms with Crippen LogP contribution in [0.4, 0.5) is 5.13 Å². The maximum atomic E-state index is 4.54. The normalized spacial score (nSPS) is 11.4. The van der Waals surface area contributed by atoms with Crippen molar-refractivity contribution in [1.29, 1.82) is 0 Å². The van der Waals surface area contributed by atoms with Gasteiger partial charge in [0.25, 0.3) is 0 Å². The fourth-order valence-electron chi connectivity index (χ4n) is 1.88. The van der Waals surface area contributed by atoms with E-state index in [2.05, 4.69) is 58.9 Å². The second kappa shape index (κ2) is 6.60. The van der Waals surface area contributed by atoms with Gasteiger partial charge >= 0.3 is 0 Å². The molecule has 0 spiro atoms. The van der Waals surface area contributed by atoms with Crippen LogP contribution in [0.15, 0.2) is 9.98 Å². The van der Waals surface area contributed by atoms with E-state index in [9.17, 15) is 0 Å². The molecule has 92 valence electrons. The Morgan fingerprint density at radius 3 is 2.38 bits per heavy atom. The predicted octanol–water partition coefficient (Wildman–Crippen LogP) is 4.56. The van der Waals surface area contributed by atoms with E-state index in [1.165, 1.54) is 12.8 Å². The maximum absolute atomic E-state index is 4.54. The summed E-state index contributed by atoms with van der Waals surface area (Å²) in [6, 6.07) is 0.612. The van der Waals surface area contributed by atoms with Gasteiger partial charge in [0, 0.05) is 18.0 Å². The minimum absolute atomic E-state index is 0.612. The number of hydrogen-bond acceptors (Lipinski definition) is 3. The van der Waals surface area contributed by atoms with Gasteiger partial charge in [-0.2, -0.15) is 0 Å². The molecule has 1 heterocycles. The monoisotopic (exact) mass is 304 g/mol. The summed E-state index contributed by atoms with van der Waals surface area (Å²) < 4.78 is 0.951. The van der Waals surface area contributed by atoms with Crippen molar-refractivity contribution in [2.75, 3.05) is 11.4 Å². The van der Waals surface area contributed by atoms with Gasteiger partial charge in [0.05, 0.1) is 0 Å². The molecule has 0 amide bonds. The Balaban J connectivity index is 2.85. The Morgan fingerprint density at radius 2 is 2.00 bits per heavy atom. The molecule has 0 aliphatic rings. The summed E-state index contributed by atoms with van der Waals surface area (Å²) in [5.41, 5.74) is 0. The Labute approximate surface area is 111 Å². The first kappa shape index (κ1) is 14.0. The van der Waals surface area contributed by atoms with Crippen LogP contribution in [0.2, 0.25) is 0 Å². The van der Waals surface area contributed by atoms with Crippen LogP contribution in [-0.4, -0.2) is 17.6 Å². The molecule has 0 aromatic carbocycles. The molecule has 0 bridgehead atoms. The Hall–Kier alpha value is -0.0900. The van der Waals surface area contributed by atoms with Gasteiger partial charge in [-0.05, 0) is 34.7 Å². The number of anilines is 1. The highest BCUT2D eigenvalue weighted by molar-refractivity contribution is 9.10. The second-order valence-corrected chi connectivity index (χ2v) is 6.12. The average Bonchev–Trinajstić information content (AvgIpc) is 2.64. The van der Waals surface area contributed by atoms with Crippen LogP contribution >= 0.6 is 27.3 Å². The molecule has 0 N–H and O–H groups in total. The highest BCUT2D eigenvalue weighted by Crippen LogP contribution is 2.27. The number of thiazole rings is 1. The van der Waals surface area contributed by atoms with E-state index >= 15 is 0 Å². The van der Waals surface area contributed by atoms with Crippen LogP contribution in [0.5, 0.6) is 0 Å². The zero-order chi connectivity index (χ0) is 12.1. The van der Waals surface area contributed by atoms with E-state index in [-0.39, 0.29) is 0 Å². The van der Waals surface area contributed by atoms with Crippen molar-refractivity contribution < 1.29 is 0 Å². The number of nitrogens with zero attached hydrogens (tertiary/aromatic N) is 2. The summed E-state index contributed by atoms with van der Waals surface area (Å²) in [5, 5.41) is 3.21. The molecular weight excluding hydrogens is 284 g/mol. The lowest BCUT2D eigenvalue weighted by atomic mass is 10.1. The molecule has 1 aromatic heterocycles. The minimum Gasteiger partial charge on any atom is -0.345 e. The molecule has 0 aliphatic heterocycles. The van der Waals surface area contributed by atoms with Crippen LogP contribution < -0.4 is 4.90 Å². The molecule has 0 saturated heterocycles. The fraction of sp³-hybridized carbons (Fsp3) is 0.750. The van der Waals surface area contributed by atoms with E-state index in [0.717, 1.165) is 16.3 Å². The lowest BCUT2D eigenvalue weighted by molar-refractivity contribution is 0.506. The van der Waals surface area contributed by atoms with Gasteiger partial charge in [0.1, 0.15) is 4.60 Å². The first-order valence-corrected chi connectivity index (χ1v) is 7.63. The van der Waals surface area contributed by atoms with E-state index in [1.807, 2.05) is 0 Å². The van der Waals surface area contributed by atoms with Gasteiger partial charge in [-0.15, -0.1) is 11.3 Å². The number of hydrogen-bond donors (Lipinski definition) is 0. The Bertz CT molecular complexity index is 308. The van der Waals surface area contributed by atoms with Crippen LogP contribution in [0, 0.1) is 5.92 Å². The third-order valence-electron chi connectivity index (χ3n) is 2.65. The standard InChI is InChI=1S/C12H21BrN2S/c1-5-10(6-2)15(7-9(3)4)12-14-11(13)8-16-12/h8-10H,5-7H2,1-4H3. The summed E-state index contributed by atoms with van der Waals surface area (Å²) in [5.74, 6) is 0.670. The summed E-state index contributed by atoms with van der Waals surface area (Å²) in [6.45, 7) is 10.1. The minimum atomic E-state index is 0.612. The van der Waals surface area contributed by atoms with E-state index in [1.54, 1.807) is 11.3 Å². The van der Waals surface area contributed by atoms with Gasteiger partial charge in [0.15, 0.2) is 5.13 Å². The van der Waals surface area contributed by atoms with Gasteiger partial charge in [0.2, 0.25) is 0 Å². The van der Waals surface area contributed by atoms with Gasteiger partial charge < -0.3 is 4.90 Å². The van der Waals surface area contributed by atoms with Crippen molar-refractivity contribution >= 4 is 32.4 Å². The molecule has 0 radical (unpaired) electrons. The molecule has 0 fully saturated rings. The van der Waals surface area contributed by atoms with Crippen LogP contribution in [0.3, 0.4) is 0 Å². The molecule has 4 heteroatoms. The highest BCUT2D eigenvalue weighted by Gasteiger charge is 2.19. The van der Waals surface area contributed by atoms with Gasteiger partial charge in [-0.3, -0.25) is 0 Å². The van der Waals surface area contributed by atoms with Crippen molar-refractivity contribution in [2.45, 2.75) is 46.6 Å². The molecular formula is C12H21BrN2S. The number of rotatable bonds is 6. The molecule has 1 aromatic rings. The first-order chi connectivity index (χ1) is 7.58. The Kier molecular flexibility index (Phi) is 5.76. The predicted molar refractivity (Wildman–Crippen MR) is 76.4 cm³/mol. The van der Waals surface area contributed by atoms with Gasteiger partial charge in [-0.1, -0.05) is 27.7 Å². The molecule has 0 atom stereocenters. The van der Waals surface area contributed by atoms with Crippen LogP contribution in [0.1, 0.15) is 40.5 Å². The first-order valence-electron chi connectivity index (χ1n) is 5.96. The zero-order valence-corrected chi connectivity index (χ0v) is 12.9. The average molecular weight is 305 g/mol. The zero-order valence-electron chi connectivity index (χ0n) is 10.5. The fourth-order valence-corrected chi connectivity index (χ4v) is 3.21. The van der Waals surface area contributed by atoms with E-state index in [0.29, 0.717) is 12.0 Å². The third-order valence-corrected chi connectivity index (χ3v) is 4.24. The van der Waals surface area contributed by atoms with Gasteiger partial charge in [-0.25, -0.2) is 4.98 Å². The molecule has 16 heavy (non-hydrogen) atoms. The Morgan fingerprint density at radius 1 is 1.38 bits per heavy atom. The quantitative estimate of drug-likeness (QED) is 0.766. The van der Waals surface area contributed by atoms with Crippen molar-refractivity contribution in [3.8, 4) is 0 Å². The second-order valence-electron chi connectivity index (χ2n) is 4.47. The summed E-state index contributed by atoms with van der Waals surface area (Å²) >= 11 is 5.16. The lowest BCUT2D eigenvalue weighted by Crippen LogP contribution is -2.37. The highest BCUT2D eigenvalue weighted by atomic mass is 79.9. The summed E-state index contributed by atoms with van der Waals surface area (Å²) in [4.78, 5) is 7.00. The molecule has 1 rings (SSSR count). The van der Waals surface area contributed by atoms with E-state index in [4.69, 9.17) is 0 Å². The largest absolute Gasteiger partial charge is 0.345 e. The number of aromatic nitrogens is 1. The SMILES string of the molecule is CCC(CC)N(CC(C)C)c1nc(Br)cs1. The molecule has 2 nitrogen and oxygen atoms in total. The van der Waals surface area contributed by atoms with Crippen LogP contribution in [-0.2, 0) is 0 Å². The van der Waals surface area contributed by atoms with E-state index < -0.39 is 0 Å². The molecule has 0 unspecified atom stereocenters. The summed E-state index contributed by atoms with van der Waals surface area (Å²) in [6.07, 6.45) is 2.36. The molecule has 0 saturated carbocycles. The maximum Gasteiger partial charge on any atom is 0.186 e.